The highest BCUT2D eigenvalue weighted by molar-refractivity contribution is 6.62. The average Bonchev–Trinajstić information content (AvgIpc) is 3.15. The summed E-state index contributed by atoms with van der Waals surface area (Å²) in [6.07, 6.45) is 8.49. The minimum absolute atomic E-state index is 0.327. The smallest absolute Gasteiger partial charge is 0.404 e. The van der Waals surface area contributed by atoms with E-state index in [1.54, 1.807) is 6.20 Å². The summed E-state index contributed by atoms with van der Waals surface area (Å²) in [6.45, 7) is 8.26. The summed E-state index contributed by atoms with van der Waals surface area (Å²) in [7, 11) is -0.337. The molecule has 5 heteroatoms. The van der Waals surface area contributed by atoms with Crippen molar-refractivity contribution >= 4 is 24.4 Å². The lowest BCUT2D eigenvalue weighted by Crippen LogP contribution is -2.41. The van der Waals surface area contributed by atoms with Crippen molar-refractivity contribution in [1.82, 2.24) is 0 Å². The van der Waals surface area contributed by atoms with Gasteiger partial charge in [-0.15, -0.1) is 0 Å². The van der Waals surface area contributed by atoms with E-state index in [1.807, 2.05) is 18.3 Å². The standard InChI is InChI=1S/C20H29BN2O2/c1-19(2)20(3,4)25-21(24-19)17-11-9-15(10-12-17)16(13-22)14-23-18-7-5-6-8-18/h9-14,18H,5-8,22H2,1-4H3. The van der Waals surface area contributed by atoms with E-state index in [4.69, 9.17) is 15.0 Å². The van der Waals surface area contributed by atoms with Crippen LogP contribution in [0.3, 0.4) is 0 Å². The Hall–Kier alpha value is -1.59. The highest BCUT2D eigenvalue weighted by Gasteiger charge is 2.51. The van der Waals surface area contributed by atoms with Crippen LogP contribution in [0.25, 0.3) is 5.57 Å². The Balaban J connectivity index is 1.71. The van der Waals surface area contributed by atoms with Crippen molar-refractivity contribution in [2.75, 3.05) is 0 Å². The fourth-order valence-electron chi connectivity index (χ4n) is 3.26. The number of rotatable bonds is 4. The Bertz CT molecular complexity index is 643. The average molecular weight is 340 g/mol. The fourth-order valence-corrected chi connectivity index (χ4v) is 3.26. The first-order chi connectivity index (χ1) is 11.8. The van der Waals surface area contributed by atoms with Crippen LogP contribution < -0.4 is 11.2 Å². The maximum absolute atomic E-state index is 6.10. The fraction of sp³-hybridized carbons (Fsp3) is 0.550. The van der Waals surface area contributed by atoms with Gasteiger partial charge in [-0.3, -0.25) is 4.99 Å². The molecule has 4 nitrogen and oxygen atoms in total. The van der Waals surface area contributed by atoms with Crippen molar-refractivity contribution in [2.45, 2.75) is 70.6 Å². The van der Waals surface area contributed by atoms with Gasteiger partial charge in [-0.2, -0.15) is 0 Å². The zero-order valence-electron chi connectivity index (χ0n) is 15.8. The molecule has 0 aromatic heterocycles. The molecule has 134 valence electrons. The second kappa shape index (κ2) is 6.97. The van der Waals surface area contributed by atoms with Crippen LogP contribution in [-0.2, 0) is 9.31 Å². The zero-order valence-corrected chi connectivity index (χ0v) is 15.8. The van der Waals surface area contributed by atoms with Crippen LogP contribution in [0.2, 0.25) is 0 Å². The first-order valence-corrected chi connectivity index (χ1v) is 9.23. The SMILES string of the molecule is CC1(C)OB(c2ccc(C(C=NC3CCCC3)=CN)cc2)OC1(C)C. The highest BCUT2D eigenvalue weighted by Crippen LogP contribution is 2.36. The maximum Gasteiger partial charge on any atom is 0.494 e. The Morgan fingerprint density at radius 3 is 2.16 bits per heavy atom. The number of nitrogens with zero attached hydrogens (tertiary/aromatic N) is 1. The molecule has 0 amide bonds. The summed E-state index contributed by atoms with van der Waals surface area (Å²) in [5.74, 6) is 0. The molecule has 0 bridgehead atoms. The number of aliphatic imine (C=N–C) groups is 1. The van der Waals surface area contributed by atoms with Gasteiger partial charge in [-0.25, -0.2) is 0 Å². The third kappa shape index (κ3) is 3.83. The second-order valence-electron chi connectivity index (χ2n) is 8.05. The van der Waals surface area contributed by atoms with Crippen molar-refractivity contribution < 1.29 is 9.31 Å². The number of allylic oxidation sites excluding steroid dienone is 1. The molecule has 0 unspecified atom stereocenters. The molecule has 1 aliphatic heterocycles. The van der Waals surface area contributed by atoms with Crippen LogP contribution in [0.5, 0.6) is 0 Å². The van der Waals surface area contributed by atoms with Gasteiger partial charge in [-0.1, -0.05) is 37.1 Å². The minimum atomic E-state index is -0.337. The van der Waals surface area contributed by atoms with Gasteiger partial charge in [0.05, 0.1) is 11.2 Å². The Kier molecular flexibility index (Phi) is 5.07. The normalized spacial score (nSPS) is 23.7. The molecule has 25 heavy (non-hydrogen) atoms. The molecule has 1 aromatic carbocycles. The summed E-state index contributed by atoms with van der Waals surface area (Å²) in [6, 6.07) is 8.66. The summed E-state index contributed by atoms with van der Waals surface area (Å²) < 4.78 is 12.2. The molecular formula is C20H29BN2O2. The molecule has 1 saturated carbocycles. The predicted molar refractivity (Wildman–Crippen MR) is 105 cm³/mol. The van der Waals surface area contributed by atoms with E-state index < -0.39 is 0 Å². The van der Waals surface area contributed by atoms with Gasteiger partial charge in [0.25, 0.3) is 0 Å². The second-order valence-corrected chi connectivity index (χ2v) is 8.05. The number of hydrogen-bond acceptors (Lipinski definition) is 4. The quantitative estimate of drug-likeness (QED) is 0.676. The van der Waals surface area contributed by atoms with E-state index in [0.29, 0.717) is 6.04 Å². The molecule has 1 aliphatic carbocycles. The Morgan fingerprint density at radius 2 is 1.64 bits per heavy atom. The van der Waals surface area contributed by atoms with Crippen LogP contribution in [0.4, 0.5) is 0 Å². The van der Waals surface area contributed by atoms with E-state index >= 15 is 0 Å². The molecular weight excluding hydrogens is 311 g/mol. The number of benzene rings is 1. The lowest BCUT2D eigenvalue weighted by Gasteiger charge is -2.32. The minimum Gasteiger partial charge on any atom is -0.404 e. The summed E-state index contributed by atoms with van der Waals surface area (Å²) in [5, 5.41) is 0. The van der Waals surface area contributed by atoms with Gasteiger partial charge >= 0.3 is 7.12 Å². The van der Waals surface area contributed by atoms with Crippen LogP contribution in [0, 0.1) is 0 Å². The molecule has 3 rings (SSSR count). The van der Waals surface area contributed by atoms with Gasteiger partial charge < -0.3 is 15.0 Å². The molecule has 2 N–H and O–H groups in total. The summed E-state index contributed by atoms with van der Waals surface area (Å²) >= 11 is 0. The first kappa shape index (κ1) is 18.2. The van der Waals surface area contributed by atoms with E-state index in [-0.39, 0.29) is 18.3 Å². The number of nitrogens with two attached hydrogens (primary N) is 1. The Morgan fingerprint density at radius 1 is 1.08 bits per heavy atom. The zero-order chi connectivity index (χ0) is 18.1. The van der Waals surface area contributed by atoms with Crippen LogP contribution in [-0.4, -0.2) is 30.6 Å². The molecule has 1 heterocycles. The predicted octanol–water partition coefficient (Wildman–Crippen LogP) is 3.30. The van der Waals surface area contributed by atoms with Crippen LogP contribution in [0.1, 0.15) is 58.9 Å². The third-order valence-corrected chi connectivity index (χ3v) is 5.70. The lowest BCUT2D eigenvalue weighted by atomic mass is 9.78. The van der Waals surface area contributed by atoms with Crippen molar-refractivity contribution in [3.05, 3.63) is 36.0 Å². The molecule has 1 aromatic rings. The van der Waals surface area contributed by atoms with E-state index in [0.717, 1.165) is 16.6 Å². The van der Waals surface area contributed by atoms with Crippen molar-refractivity contribution in [3.63, 3.8) is 0 Å². The molecule has 0 atom stereocenters. The molecule has 0 spiro atoms. The van der Waals surface area contributed by atoms with E-state index in [9.17, 15) is 0 Å². The Labute approximate surface area is 151 Å². The van der Waals surface area contributed by atoms with E-state index in [1.165, 1.54) is 25.7 Å². The summed E-state index contributed by atoms with van der Waals surface area (Å²) in [5.41, 5.74) is 8.20. The van der Waals surface area contributed by atoms with Crippen molar-refractivity contribution in [1.29, 1.82) is 0 Å². The van der Waals surface area contributed by atoms with Gasteiger partial charge in [0.15, 0.2) is 0 Å². The van der Waals surface area contributed by atoms with Gasteiger partial charge in [0.2, 0.25) is 0 Å². The first-order valence-electron chi connectivity index (χ1n) is 9.23. The molecule has 2 fully saturated rings. The topological polar surface area (TPSA) is 56.8 Å². The number of hydrogen-bond donors (Lipinski definition) is 1. The van der Waals surface area contributed by atoms with Crippen molar-refractivity contribution in [3.8, 4) is 0 Å². The summed E-state index contributed by atoms with van der Waals surface area (Å²) in [4.78, 5) is 4.69. The molecule has 1 saturated heterocycles. The van der Waals surface area contributed by atoms with Gasteiger partial charge in [0, 0.05) is 24.0 Å². The van der Waals surface area contributed by atoms with Crippen LogP contribution in [0.15, 0.2) is 35.5 Å². The van der Waals surface area contributed by atoms with E-state index in [2.05, 4.69) is 44.8 Å². The highest BCUT2D eigenvalue weighted by atomic mass is 16.7. The molecule has 0 radical (unpaired) electrons. The van der Waals surface area contributed by atoms with Gasteiger partial charge in [-0.05, 0) is 51.6 Å². The third-order valence-electron chi connectivity index (χ3n) is 5.70. The molecule has 2 aliphatic rings. The lowest BCUT2D eigenvalue weighted by molar-refractivity contribution is 0.00578. The largest absolute Gasteiger partial charge is 0.494 e. The maximum atomic E-state index is 6.10. The van der Waals surface area contributed by atoms with Crippen molar-refractivity contribution in [2.24, 2.45) is 10.7 Å². The van der Waals surface area contributed by atoms with Crippen LogP contribution >= 0.6 is 0 Å². The monoisotopic (exact) mass is 340 g/mol. The van der Waals surface area contributed by atoms with Gasteiger partial charge in [0.1, 0.15) is 0 Å².